The van der Waals surface area contributed by atoms with Crippen LogP contribution in [0.4, 0.5) is 0 Å². The summed E-state index contributed by atoms with van der Waals surface area (Å²) in [6, 6.07) is 0. The van der Waals surface area contributed by atoms with E-state index in [2.05, 4.69) is 59.8 Å². The SMILES string of the molecule is CCC(C=CC(C)[C@H]1CC[C@H]2[C@@H]3CCC4=CC(=O)CC[C@]4(C)[C@H]3CC[C@]12C)C(C)C. The summed E-state index contributed by atoms with van der Waals surface area (Å²) in [4.78, 5) is 12.1. The minimum atomic E-state index is 0.313. The summed E-state index contributed by atoms with van der Waals surface area (Å²) >= 11 is 0. The van der Waals surface area contributed by atoms with Gasteiger partial charge in [0, 0.05) is 6.42 Å². The molecule has 0 saturated heterocycles. The van der Waals surface area contributed by atoms with Crippen LogP contribution in [0.15, 0.2) is 23.8 Å². The Morgan fingerprint density at radius 2 is 1.77 bits per heavy atom. The van der Waals surface area contributed by atoms with Gasteiger partial charge in [-0.3, -0.25) is 4.79 Å². The zero-order valence-electron chi connectivity index (χ0n) is 20.5. The third-order valence-corrected chi connectivity index (χ3v) is 10.7. The fourth-order valence-electron chi connectivity index (χ4n) is 8.75. The molecule has 3 fully saturated rings. The smallest absolute Gasteiger partial charge is 0.155 e. The summed E-state index contributed by atoms with van der Waals surface area (Å²) in [5, 5.41) is 0. The number of carbonyl (C=O) groups excluding carboxylic acids is 1. The summed E-state index contributed by atoms with van der Waals surface area (Å²) in [6.07, 6.45) is 18.5. The van der Waals surface area contributed by atoms with Crippen LogP contribution in [0.5, 0.6) is 0 Å². The highest BCUT2D eigenvalue weighted by molar-refractivity contribution is 5.91. The maximum Gasteiger partial charge on any atom is 0.155 e. The molecular formula is C29H46O. The van der Waals surface area contributed by atoms with Crippen molar-refractivity contribution in [1.29, 1.82) is 0 Å². The van der Waals surface area contributed by atoms with Gasteiger partial charge in [-0.15, -0.1) is 0 Å². The molecule has 0 heterocycles. The first kappa shape index (κ1) is 22.3. The number of hydrogen-bond acceptors (Lipinski definition) is 1. The van der Waals surface area contributed by atoms with Gasteiger partial charge in [0.05, 0.1) is 0 Å². The van der Waals surface area contributed by atoms with Crippen molar-refractivity contribution in [2.75, 3.05) is 0 Å². The summed E-state index contributed by atoms with van der Waals surface area (Å²) in [6.45, 7) is 14.7. The number of carbonyl (C=O) groups is 1. The van der Waals surface area contributed by atoms with Gasteiger partial charge in [-0.25, -0.2) is 0 Å². The Kier molecular flexibility index (Phi) is 6.15. The van der Waals surface area contributed by atoms with Gasteiger partial charge in [-0.05, 0) is 110 Å². The van der Waals surface area contributed by atoms with Crippen molar-refractivity contribution < 1.29 is 4.79 Å². The topological polar surface area (TPSA) is 17.1 Å². The molecule has 4 aliphatic rings. The van der Waals surface area contributed by atoms with Gasteiger partial charge in [0.25, 0.3) is 0 Å². The average molecular weight is 411 g/mol. The molecule has 168 valence electrons. The molecule has 1 heteroatoms. The molecule has 0 aliphatic heterocycles. The minimum Gasteiger partial charge on any atom is -0.295 e. The van der Waals surface area contributed by atoms with E-state index in [4.69, 9.17) is 0 Å². The van der Waals surface area contributed by atoms with Gasteiger partial charge in [0.15, 0.2) is 5.78 Å². The first-order valence-corrected chi connectivity index (χ1v) is 13.1. The molecule has 30 heavy (non-hydrogen) atoms. The quantitative estimate of drug-likeness (QED) is 0.419. The molecular weight excluding hydrogens is 364 g/mol. The predicted molar refractivity (Wildman–Crippen MR) is 127 cm³/mol. The maximum absolute atomic E-state index is 12.1. The monoisotopic (exact) mass is 410 g/mol. The second kappa shape index (κ2) is 8.25. The molecule has 2 unspecified atom stereocenters. The van der Waals surface area contributed by atoms with Crippen molar-refractivity contribution in [2.45, 2.75) is 99.3 Å². The number of fused-ring (bicyclic) bond motifs is 5. The molecule has 0 radical (unpaired) electrons. The van der Waals surface area contributed by atoms with Crippen LogP contribution in [0, 0.1) is 52.3 Å². The number of rotatable bonds is 5. The van der Waals surface area contributed by atoms with Gasteiger partial charge in [-0.1, -0.05) is 59.3 Å². The highest BCUT2D eigenvalue weighted by atomic mass is 16.1. The lowest BCUT2D eigenvalue weighted by Gasteiger charge is -2.58. The van der Waals surface area contributed by atoms with E-state index in [-0.39, 0.29) is 0 Å². The fourth-order valence-corrected chi connectivity index (χ4v) is 8.75. The molecule has 0 bridgehead atoms. The molecule has 0 spiro atoms. The molecule has 0 amide bonds. The Bertz CT molecular complexity index is 714. The van der Waals surface area contributed by atoms with E-state index in [1.807, 2.05) is 0 Å². The largest absolute Gasteiger partial charge is 0.295 e. The molecule has 4 rings (SSSR count). The lowest BCUT2D eigenvalue weighted by Crippen LogP contribution is -2.50. The van der Waals surface area contributed by atoms with Crippen LogP contribution < -0.4 is 0 Å². The molecule has 0 aromatic rings. The van der Waals surface area contributed by atoms with E-state index in [0.29, 0.717) is 22.5 Å². The molecule has 0 N–H and O–H groups in total. The Balaban J connectivity index is 1.52. The Hall–Kier alpha value is -0.850. The van der Waals surface area contributed by atoms with Crippen molar-refractivity contribution in [1.82, 2.24) is 0 Å². The van der Waals surface area contributed by atoms with E-state index < -0.39 is 0 Å². The first-order chi connectivity index (χ1) is 14.2. The highest BCUT2D eigenvalue weighted by Crippen LogP contribution is 2.67. The summed E-state index contributed by atoms with van der Waals surface area (Å²) < 4.78 is 0. The normalized spacial score (nSPS) is 43.2. The zero-order valence-corrected chi connectivity index (χ0v) is 20.5. The molecule has 3 saturated carbocycles. The number of hydrogen-bond donors (Lipinski definition) is 0. The lowest BCUT2D eigenvalue weighted by molar-refractivity contribution is -0.117. The molecule has 1 nitrogen and oxygen atoms in total. The standard InChI is InChI=1S/C29H46O/c1-7-21(19(2)3)9-8-20(4)25-12-13-26-24-11-10-22-18-23(30)14-16-28(22,5)27(24)15-17-29(25,26)6/h8-9,18-21,24-27H,7,10-17H2,1-6H3/t20?,21?,24-,25+,26-,27-,28-,29+/m0/s1. The van der Waals surface area contributed by atoms with Crippen LogP contribution in [0.1, 0.15) is 99.3 Å². The van der Waals surface area contributed by atoms with Crippen LogP contribution in [0.2, 0.25) is 0 Å². The van der Waals surface area contributed by atoms with E-state index in [9.17, 15) is 4.79 Å². The van der Waals surface area contributed by atoms with Crippen LogP contribution >= 0.6 is 0 Å². The third kappa shape index (κ3) is 3.57. The average Bonchev–Trinajstić information content (AvgIpc) is 3.06. The van der Waals surface area contributed by atoms with Crippen LogP contribution in [0.25, 0.3) is 0 Å². The number of allylic oxidation sites excluding steroid dienone is 3. The highest BCUT2D eigenvalue weighted by Gasteiger charge is 2.59. The Labute approximate surface area is 186 Å². The van der Waals surface area contributed by atoms with Gasteiger partial charge < -0.3 is 0 Å². The van der Waals surface area contributed by atoms with Crippen molar-refractivity contribution in [2.24, 2.45) is 52.3 Å². The van der Waals surface area contributed by atoms with E-state index in [0.717, 1.165) is 48.3 Å². The molecule has 8 atom stereocenters. The Morgan fingerprint density at radius 1 is 1.00 bits per heavy atom. The van der Waals surface area contributed by atoms with Crippen molar-refractivity contribution in [3.63, 3.8) is 0 Å². The summed E-state index contributed by atoms with van der Waals surface area (Å²) in [5.41, 5.74) is 2.34. The van der Waals surface area contributed by atoms with Gasteiger partial charge >= 0.3 is 0 Å². The summed E-state index contributed by atoms with van der Waals surface area (Å²) in [7, 11) is 0. The molecule has 4 aliphatic carbocycles. The zero-order chi connectivity index (χ0) is 21.7. The van der Waals surface area contributed by atoms with E-state index in [1.54, 1.807) is 0 Å². The first-order valence-electron chi connectivity index (χ1n) is 13.1. The van der Waals surface area contributed by atoms with Gasteiger partial charge in [-0.2, -0.15) is 0 Å². The lowest BCUT2D eigenvalue weighted by atomic mass is 9.46. The fraction of sp³-hybridized carbons (Fsp3) is 0.828. The van der Waals surface area contributed by atoms with Gasteiger partial charge in [0.1, 0.15) is 0 Å². The maximum atomic E-state index is 12.1. The van der Waals surface area contributed by atoms with Crippen LogP contribution in [-0.2, 0) is 4.79 Å². The Morgan fingerprint density at radius 3 is 2.47 bits per heavy atom. The molecule has 0 aromatic heterocycles. The molecule has 0 aromatic carbocycles. The predicted octanol–water partition coefficient (Wildman–Crippen LogP) is 8.01. The minimum absolute atomic E-state index is 0.313. The van der Waals surface area contributed by atoms with Crippen molar-refractivity contribution in [3.8, 4) is 0 Å². The summed E-state index contributed by atoms with van der Waals surface area (Å²) in [5.74, 6) is 6.01. The third-order valence-electron chi connectivity index (χ3n) is 10.7. The number of ketones is 1. The second-order valence-electron chi connectivity index (χ2n) is 12.3. The second-order valence-corrected chi connectivity index (χ2v) is 12.3. The van der Waals surface area contributed by atoms with Crippen LogP contribution in [-0.4, -0.2) is 5.78 Å². The van der Waals surface area contributed by atoms with Crippen LogP contribution in [0.3, 0.4) is 0 Å². The van der Waals surface area contributed by atoms with Crippen molar-refractivity contribution in [3.05, 3.63) is 23.8 Å². The van der Waals surface area contributed by atoms with E-state index in [1.165, 1.54) is 50.5 Å². The van der Waals surface area contributed by atoms with Gasteiger partial charge in [0.2, 0.25) is 0 Å². The van der Waals surface area contributed by atoms with Crippen molar-refractivity contribution >= 4 is 5.78 Å². The van der Waals surface area contributed by atoms with E-state index >= 15 is 0 Å².